The monoisotopic (exact) mass is 390 g/mol. The van der Waals surface area contributed by atoms with Gasteiger partial charge in [-0.3, -0.25) is 4.79 Å². The quantitative estimate of drug-likeness (QED) is 0.621. The van der Waals surface area contributed by atoms with Gasteiger partial charge in [-0.1, -0.05) is 31.2 Å². The van der Waals surface area contributed by atoms with Gasteiger partial charge in [0, 0.05) is 11.4 Å². The summed E-state index contributed by atoms with van der Waals surface area (Å²) in [7, 11) is 1.57. The summed E-state index contributed by atoms with van der Waals surface area (Å²) >= 11 is 0. The van der Waals surface area contributed by atoms with Crippen molar-refractivity contribution in [2.24, 2.45) is 0 Å². The maximum atomic E-state index is 12.9. The molecule has 0 aliphatic carbocycles. The van der Waals surface area contributed by atoms with Gasteiger partial charge in [-0.25, -0.2) is 9.97 Å². The zero-order chi connectivity index (χ0) is 21.0. The third kappa shape index (κ3) is 4.71. The smallest absolute Gasteiger partial charge is 0.274 e. The van der Waals surface area contributed by atoms with Crippen LogP contribution in [0.5, 0.6) is 5.75 Å². The molecule has 0 aliphatic heterocycles. The van der Waals surface area contributed by atoms with Gasteiger partial charge in [0.05, 0.1) is 12.8 Å². The Morgan fingerprint density at radius 2 is 1.86 bits per heavy atom. The summed E-state index contributed by atoms with van der Waals surface area (Å²) in [6.07, 6.45) is 0.885. The van der Waals surface area contributed by atoms with E-state index in [9.17, 15) is 4.79 Å². The van der Waals surface area contributed by atoms with Crippen LogP contribution >= 0.6 is 0 Å². The SMILES string of the molecule is CCc1cccc(C)c1Nc1nc(C)cc(C(=O)Nc2cc(C)ccc2OC)n1. The van der Waals surface area contributed by atoms with E-state index in [0.717, 1.165) is 23.2 Å². The number of nitrogens with one attached hydrogen (secondary N) is 2. The molecule has 1 aromatic heterocycles. The number of aromatic nitrogens is 2. The molecule has 0 unspecified atom stereocenters. The molecule has 2 aromatic carbocycles. The van der Waals surface area contributed by atoms with Gasteiger partial charge in [0.2, 0.25) is 5.95 Å². The first-order valence-corrected chi connectivity index (χ1v) is 9.58. The molecule has 3 rings (SSSR count). The predicted octanol–water partition coefficient (Wildman–Crippen LogP) is 4.97. The van der Waals surface area contributed by atoms with Crippen molar-refractivity contribution in [3.8, 4) is 5.75 Å². The molecule has 1 heterocycles. The highest BCUT2D eigenvalue weighted by atomic mass is 16.5. The van der Waals surface area contributed by atoms with Crippen molar-refractivity contribution in [3.63, 3.8) is 0 Å². The second-order valence-corrected chi connectivity index (χ2v) is 6.96. The lowest BCUT2D eigenvalue weighted by atomic mass is 10.1. The van der Waals surface area contributed by atoms with Crippen LogP contribution in [0.25, 0.3) is 0 Å². The van der Waals surface area contributed by atoms with E-state index in [2.05, 4.69) is 33.6 Å². The number of hydrogen-bond acceptors (Lipinski definition) is 5. The Morgan fingerprint density at radius 1 is 1.07 bits per heavy atom. The van der Waals surface area contributed by atoms with E-state index >= 15 is 0 Å². The minimum atomic E-state index is -0.317. The number of carbonyl (C=O) groups is 1. The van der Waals surface area contributed by atoms with E-state index in [1.807, 2.05) is 51.1 Å². The second kappa shape index (κ2) is 8.73. The highest BCUT2D eigenvalue weighted by Gasteiger charge is 2.15. The summed E-state index contributed by atoms with van der Waals surface area (Å²) in [4.78, 5) is 21.8. The lowest BCUT2D eigenvalue weighted by Crippen LogP contribution is -2.16. The van der Waals surface area contributed by atoms with Gasteiger partial charge in [-0.05, 0) is 62.1 Å². The Kier molecular flexibility index (Phi) is 6.12. The Hall–Kier alpha value is -3.41. The maximum absolute atomic E-state index is 12.9. The standard InChI is InChI=1S/C23H26N4O2/c1-6-17-9-7-8-15(3)21(17)27-23-24-16(4)13-19(26-23)22(28)25-18-12-14(2)10-11-20(18)29-5/h7-13H,6H2,1-5H3,(H,25,28)(H,24,26,27). The molecule has 3 aromatic rings. The number of amides is 1. The number of para-hydroxylation sites is 1. The maximum Gasteiger partial charge on any atom is 0.274 e. The minimum Gasteiger partial charge on any atom is -0.495 e. The fraction of sp³-hybridized carbons (Fsp3) is 0.261. The van der Waals surface area contributed by atoms with Crippen LogP contribution in [-0.2, 0) is 6.42 Å². The van der Waals surface area contributed by atoms with E-state index in [4.69, 9.17) is 4.74 Å². The molecule has 6 heteroatoms. The molecule has 0 spiro atoms. The van der Waals surface area contributed by atoms with Crippen molar-refractivity contribution < 1.29 is 9.53 Å². The van der Waals surface area contributed by atoms with E-state index in [1.165, 1.54) is 5.56 Å². The molecule has 0 atom stereocenters. The molecule has 0 radical (unpaired) electrons. The predicted molar refractivity (Wildman–Crippen MR) is 116 cm³/mol. The summed E-state index contributed by atoms with van der Waals surface area (Å²) in [6.45, 7) is 7.94. The zero-order valence-electron chi connectivity index (χ0n) is 17.5. The summed E-state index contributed by atoms with van der Waals surface area (Å²) in [5.74, 6) is 0.680. The van der Waals surface area contributed by atoms with Crippen molar-refractivity contribution in [1.29, 1.82) is 0 Å². The van der Waals surface area contributed by atoms with Crippen LogP contribution in [0.3, 0.4) is 0 Å². The van der Waals surface area contributed by atoms with Gasteiger partial charge >= 0.3 is 0 Å². The van der Waals surface area contributed by atoms with Crippen LogP contribution < -0.4 is 15.4 Å². The molecule has 0 aliphatic rings. The van der Waals surface area contributed by atoms with Gasteiger partial charge in [0.1, 0.15) is 11.4 Å². The first kappa shape index (κ1) is 20.3. The minimum absolute atomic E-state index is 0.287. The Bertz CT molecular complexity index is 1050. The third-order valence-corrected chi connectivity index (χ3v) is 4.67. The van der Waals surface area contributed by atoms with Crippen molar-refractivity contribution in [3.05, 3.63) is 70.5 Å². The molecule has 0 bridgehead atoms. The topological polar surface area (TPSA) is 76.1 Å². The molecule has 0 saturated heterocycles. The van der Waals surface area contributed by atoms with Crippen LogP contribution in [0, 0.1) is 20.8 Å². The fourth-order valence-corrected chi connectivity index (χ4v) is 3.16. The normalized spacial score (nSPS) is 10.5. The van der Waals surface area contributed by atoms with Gasteiger partial charge in [0.15, 0.2) is 0 Å². The fourth-order valence-electron chi connectivity index (χ4n) is 3.16. The molecular formula is C23H26N4O2. The summed E-state index contributed by atoms with van der Waals surface area (Å²) in [5.41, 5.74) is 5.87. The van der Waals surface area contributed by atoms with E-state index in [1.54, 1.807) is 13.2 Å². The number of rotatable bonds is 6. The molecular weight excluding hydrogens is 364 g/mol. The van der Waals surface area contributed by atoms with Gasteiger partial charge in [-0.2, -0.15) is 0 Å². The average Bonchev–Trinajstić information content (AvgIpc) is 2.69. The third-order valence-electron chi connectivity index (χ3n) is 4.67. The number of methoxy groups -OCH3 is 1. The number of aryl methyl sites for hydroxylation is 4. The lowest BCUT2D eigenvalue weighted by molar-refractivity contribution is 0.102. The Balaban J connectivity index is 1.90. The molecule has 29 heavy (non-hydrogen) atoms. The van der Waals surface area contributed by atoms with Crippen LogP contribution in [0.2, 0.25) is 0 Å². The summed E-state index contributed by atoms with van der Waals surface area (Å²) in [5, 5.41) is 6.19. The van der Waals surface area contributed by atoms with Gasteiger partial charge in [-0.15, -0.1) is 0 Å². The zero-order valence-corrected chi connectivity index (χ0v) is 17.5. The second-order valence-electron chi connectivity index (χ2n) is 6.96. The molecule has 2 N–H and O–H groups in total. The lowest BCUT2D eigenvalue weighted by Gasteiger charge is -2.14. The molecule has 6 nitrogen and oxygen atoms in total. The first-order chi connectivity index (χ1) is 13.9. The van der Waals surface area contributed by atoms with E-state index in [0.29, 0.717) is 23.1 Å². The number of hydrogen-bond donors (Lipinski definition) is 2. The number of benzene rings is 2. The molecule has 0 fully saturated rings. The van der Waals surface area contributed by atoms with Crippen LogP contribution in [0.1, 0.15) is 39.8 Å². The highest BCUT2D eigenvalue weighted by Crippen LogP contribution is 2.27. The Morgan fingerprint density at radius 3 is 2.59 bits per heavy atom. The largest absolute Gasteiger partial charge is 0.495 e. The van der Waals surface area contributed by atoms with Crippen molar-refractivity contribution in [2.75, 3.05) is 17.7 Å². The van der Waals surface area contributed by atoms with E-state index in [-0.39, 0.29) is 11.6 Å². The van der Waals surface area contributed by atoms with Crippen LogP contribution in [0.4, 0.5) is 17.3 Å². The average molecular weight is 390 g/mol. The van der Waals surface area contributed by atoms with Crippen LogP contribution in [-0.4, -0.2) is 23.0 Å². The number of carbonyl (C=O) groups excluding carboxylic acids is 1. The molecule has 0 saturated carbocycles. The number of nitrogens with zero attached hydrogens (tertiary/aromatic N) is 2. The van der Waals surface area contributed by atoms with Crippen molar-refractivity contribution in [2.45, 2.75) is 34.1 Å². The Labute approximate surface area is 171 Å². The molecule has 1 amide bonds. The summed E-state index contributed by atoms with van der Waals surface area (Å²) < 4.78 is 5.34. The van der Waals surface area contributed by atoms with Crippen LogP contribution in [0.15, 0.2) is 42.5 Å². The number of anilines is 3. The van der Waals surface area contributed by atoms with Crippen molar-refractivity contribution in [1.82, 2.24) is 9.97 Å². The van der Waals surface area contributed by atoms with Gasteiger partial charge < -0.3 is 15.4 Å². The summed E-state index contributed by atoms with van der Waals surface area (Å²) in [6, 6.07) is 13.4. The highest BCUT2D eigenvalue weighted by molar-refractivity contribution is 6.04. The van der Waals surface area contributed by atoms with Crippen molar-refractivity contribution >= 4 is 23.2 Å². The molecule has 150 valence electrons. The van der Waals surface area contributed by atoms with E-state index < -0.39 is 0 Å². The number of ether oxygens (including phenoxy) is 1. The van der Waals surface area contributed by atoms with Gasteiger partial charge in [0.25, 0.3) is 5.91 Å². The first-order valence-electron chi connectivity index (χ1n) is 9.58.